The van der Waals surface area contributed by atoms with E-state index in [-0.39, 0.29) is 0 Å². The van der Waals surface area contributed by atoms with Gasteiger partial charge in [0, 0.05) is 28.2 Å². The lowest BCUT2D eigenvalue weighted by molar-refractivity contribution is 0.415. The molecule has 3 heterocycles. The quantitative estimate of drug-likeness (QED) is 0.332. The topological polar surface area (TPSA) is 79.5 Å². The van der Waals surface area contributed by atoms with Crippen molar-refractivity contribution >= 4 is 21.9 Å². The normalized spacial score (nSPS) is 11.1. The summed E-state index contributed by atoms with van der Waals surface area (Å²) >= 11 is 0. The molecule has 168 valence electrons. The first-order valence-corrected chi connectivity index (χ1v) is 11.3. The lowest BCUT2D eigenvalue weighted by atomic mass is 9.93. The Morgan fingerprint density at radius 2 is 1.69 bits per heavy atom. The third-order valence-corrected chi connectivity index (χ3v) is 6.33. The van der Waals surface area contributed by atoms with Crippen molar-refractivity contribution in [3.63, 3.8) is 0 Å². The molecule has 0 bridgehead atoms. The van der Waals surface area contributed by atoms with Gasteiger partial charge in [-0.1, -0.05) is 48.5 Å². The average Bonchev–Trinajstić information content (AvgIpc) is 3.49. The number of aromatic nitrogens is 4. The molecule has 6 heteroatoms. The molecule has 0 amide bonds. The number of fused-ring (bicyclic) bond motifs is 2. The molecule has 3 aromatic carbocycles. The van der Waals surface area contributed by atoms with E-state index in [0.29, 0.717) is 16.9 Å². The minimum absolute atomic E-state index is 0.517. The number of H-pyrrole nitrogens is 1. The van der Waals surface area contributed by atoms with Crippen LogP contribution >= 0.6 is 0 Å². The maximum absolute atomic E-state index is 10.5. The number of aryl methyl sites for hydroxylation is 1. The summed E-state index contributed by atoms with van der Waals surface area (Å²) in [6.07, 6.45) is 1.92. The van der Waals surface area contributed by atoms with Crippen LogP contribution in [0.2, 0.25) is 0 Å². The van der Waals surface area contributed by atoms with Gasteiger partial charge in [-0.3, -0.25) is 0 Å². The summed E-state index contributed by atoms with van der Waals surface area (Å²) in [5.41, 5.74) is 7.17. The first-order valence-electron chi connectivity index (χ1n) is 11.3. The van der Waals surface area contributed by atoms with Gasteiger partial charge in [0.25, 0.3) is 0 Å². The first-order chi connectivity index (χ1) is 17.2. The largest absolute Gasteiger partial charge is 0.497 e. The predicted octanol–water partition coefficient (Wildman–Crippen LogP) is 6.42. The van der Waals surface area contributed by atoms with Crippen molar-refractivity contribution in [1.29, 1.82) is 5.26 Å². The number of rotatable bonds is 4. The fourth-order valence-corrected chi connectivity index (χ4v) is 4.68. The zero-order valence-electron chi connectivity index (χ0n) is 19.3. The van der Waals surface area contributed by atoms with Crippen LogP contribution in [0.4, 0.5) is 0 Å². The number of hydrogen-bond donors (Lipinski definition) is 1. The number of benzene rings is 3. The number of hydrogen-bond acceptors (Lipinski definition) is 4. The van der Waals surface area contributed by atoms with Gasteiger partial charge < -0.3 is 9.72 Å². The Morgan fingerprint density at radius 3 is 2.43 bits per heavy atom. The molecule has 0 saturated heterocycles. The average molecular weight is 456 g/mol. The summed E-state index contributed by atoms with van der Waals surface area (Å²) in [5, 5.41) is 17.2. The fourth-order valence-electron chi connectivity index (χ4n) is 4.68. The van der Waals surface area contributed by atoms with E-state index in [9.17, 15) is 5.26 Å². The second kappa shape index (κ2) is 8.15. The summed E-state index contributed by atoms with van der Waals surface area (Å²) in [4.78, 5) is 8.41. The summed E-state index contributed by atoms with van der Waals surface area (Å²) in [6.45, 7) is 1.96. The highest BCUT2D eigenvalue weighted by Gasteiger charge is 2.24. The number of pyridine rings is 1. The molecular formula is C29H21N5O. The van der Waals surface area contributed by atoms with E-state index in [4.69, 9.17) is 14.8 Å². The number of aromatic amines is 1. The van der Waals surface area contributed by atoms with Crippen LogP contribution in [0.25, 0.3) is 50.0 Å². The maximum Gasteiger partial charge on any atom is 0.164 e. The SMILES string of the molecule is COc1ccc(-c2c(C#N)c(-c3c[nH]c4ccccc34)nc3c2c(C)nn3-c2ccccc2)cc1. The van der Waals surface area contributed by atoms with Crippen LogP contribution in [-0.2, 0) is 0 Å². The van der Waals surface area contributed by atoms with Crippen LogP contribution in [0.5, 0.6) is 5.75 Å². The molecule has 0 aliphatic heterocycles. The Labute approximate surface area is 202 Å². The first kappa shape index (κ1) is 20.7. The van der Waals surface area contributed by atoms with Gasteiger partial charge in [-0.15, -0.1) is 0 Å². The van der Waals surface area contributed by atoms with Crippen molar-refractivity contribution in [2.24, 2.45) is 0 Å². The Hall–Kier alpha value is -4.89. The molecule has 3 aromatic heterocycles. The van der Waals surface area contributed by atoms with Gasteiger partial charge >= 0.3 is 0 Å². The lowest BCUT2D eigenvalue weighted by Gasteiger charge is -2.13. The minimum Gasteiger partial charge on any atom is -0.497 e. The van der Waals surface area contributed by atoms with Crippen molar-refractivity contribution < 1.29 is 4.74 Å². The molecule has 0 aliphatic rings. The fraction of sp³-hybridized carbons (Fsp3) is 0.0690. The van der Waals surface area contributed by atoms with Gasteiger partial charge in [-0.2, -0.15) is 10.4 Å². The Bertz CT molecular complexity index is 1740. The van der Waals surface area contributed by atoms with E-state index in [1.54, 1.807) is 7.11 Å². The summed E-state index contributed by atoms with van der Waals surface area (Å²) < 4.78 is 7.23. The highest BCUT2D eigenvalue weighted by molar-refractivity contribution is 6.04. The van der Waals surface area contributed by atoms with Crippen LogP contribution in [0.15, 0.2) is 85.1 Å². The van der Waals surface area contributed by atoms with E-state index in [1.807, 2.05) is 96.7 Å². The van der Waals surface area contributed by atoms with E-state index >= 15 is 0 Å². The minimum atomic E-state index is 0.517. The van der Waals surface area contributed by atoms with Crippen molar-refractivity contribution in [3.8, 4) is 39.9 Å². The Morgan fingerprint density at radius 1 is 0.943 bits per heavy atom. The van der Waals surface area contributed by atoms with Gasteiger partial charge in [0.1, 0.15) is 11.8 Å². The van der Waals surface area contributed by atoms with E-state index in [2.05, 4.69) is 11.1 Å². The molecule has 0 saturated carbocycles. The second-order valence-corrected chi connectivity index (χ2v) is 8.33. The predicted molar refractivity (Wildman–Crippen MR) is 138 cm³/mol. The third kappa shape index (κ3) is 3.25. The van der Waals surface area contributed by atoms with Gasteiger partial charge in [0.05, 0.1) is 35.1 Å². The molecular weight excluding hydrogens is 434 g/mol. The highest BCUT2D eigenvalue weighted by Crippen LogP contribution is 2.40. The van der Waals surface area contributed by atoms with Crippen LogP contribution in [0.3, 0.4) is 0 Å². The van der Waals surface area contributed by atoms with Crippen molar-refractivity contribution in [3.05, 3.63) is 96.3 Å². The standard InChI is InChI=1S/C29H21N5O/c1-18-26-27(19-12-14-21(35-2)15-13-19)23(16-30)28(24-17-31-25-11-7-6-10-22(24)25)32-29(26)34(33-18)20-8-4-3-5-9-20/h3-15,17,31H,1-2H3. The molecule has 6 nitrogen and oxygen atoms in total. The molecule has 0 radical (unpaired) electrons. The highest BCUT2D eigenvalue weighted by atomic mass is 16.5. The van der Waals surface area contributed by atoms with Crippen LogP contribution in [0, 0.1) is 18.3 Å². The van der Waals surface area contributed by atoms with Crippen LogP contribution < -0.4 is 4.74 Å². The zero-order valence-corrected chi connectivity index (χ0v) is 19.3. The molecule has 1 N–H and O–H groups in total. The number of para-hydroxylation sites is 2. The third-order valence-electron chi connectivity index (χ3n) is 6.33. The summed E-state index contributed by atoms with van der Waals surface area (Å²) in [6, 6.07) is 28.2. The Balaban J connectivity index is 1.76. The smallest absolute Gasteiger partial charge is 0.164 e. The molecule has 35 heavy (non-hydrogen) atoms. The Kier molecular flexibility index (Phi) is 4.82. The molecule has 0 spiro atoms. The molecule has 0 fully saturated rings. The number of ether oxygens (including phenoxy) is 1. The second-order valence-electron chi connectivity index (χ2n) is 8.33. The number of nitriles is 1. The number of nitrogens with zero attached hydrogens (tertiary/aromatic N) is 4. The monoisotopic (exact) mass is 455 g/mol. The lowest BCUT2D eigenvalue weighted by Crippen LogP contribution is -2.01. The van der Waals surface area contributed by atoms with E-state index in [1.165, 1.54) is 0 Å². The van der Waals surface area contributed by atoms with E-state index in [0.717, 1.165) is 50.1 Å². The molecule has 6 aromatic rings. The summed E-state index contributed by atoms with van der Waals surface area (Å²) in [7, 11) is 1.64. The summed E-state index contributed by atoms with van der Waals surface area (Å²) in [5.74, 6) is 0.756. The van der Waals surface area contributed by atoms with Crippen molar-refractivity contribution in [1.82, 2.24) is 19.7 Å². The zero-order chi connectivity index (χ0) is 23.9. The maximum atomic E-state index is 10.5. The van der Waals surface area contributed by atoms with Gasteiger partial charge in [-0.05, 0) is 42.8 Å². The van der Waals surface area contributed by atoms with Gasteiger partial charge in [0.2, 0.25) is 0 Å². The van der Waals surface area contributed by atoms with E-state index < -0.39 is 0 Å². The molecule has 0 aliphatic carbocycles. The van der Waals surface area contributed by atoms with Crippen molar-refractivity contribution in [2.75, 3.05) is 7.11 Å². The molecule has 0 unspecified atom stereocenters. The number of methoxy groups -OCH3 is 1. The number of nitrogens with one attached hydrogen (secondary N) is 1. The van der Waals surface area contributed by atoms with Gasteiger partial charge in [-0.25, -0.2) is 9.67 Å². The van der Waals surface area contributed by atoms with Crippen LogP contribution in [0.1, 0.15) is 11.3 Å². The van der Waals surface area contributed by atoms with Crippen LogP contribution in [-0.4, -0.2) is 26.9 Å². The molecule has 6 rings (SSSR count). The molecule has 0 atom stereocenters. The van der Waals surface area contributed by atoms with Gasteiger partial charge in [0.15, 0.2) is 5.65 Å². The van der Waals surface area contributed by atoms with Crippen molar-refractivity contribution in [2.45, 2.75) is 6.92 Å².